The van der Waals surface area contributed by atoms with E-state index in [0.29, 0.717) is 0 Å². The normalized spacial score (nSPS) is 16.0. The molecule has 2 rings (SSSR count). The van der Waals surface area contributed by atoms with E-state index in [4.69, 9.17) is 4.74 Å². The highest BCUT2D eigenvalue weighted by molar-refractivity contribution is 5.56. The molecule has 3 heteroatoms. The summed E-state index contributed by atoms with van der Waals surface area (Å²) in [6, 6.07) is 9.07. The first kappa shape index (κ1) is 17.1. The molecule has 0 bridgehead atoms. The second-order valence-electron chi connectivity index (χ2n) is 6.40. The van der Waals surface area contributed by atoms with Crippen LogP contribution < -0.4 is 10.1 Å². The van der Waals surface area contributed by atoms with E-state index < -0.39 is 0 Å². The van der Waals surface area contributed by atoms with Gasteiger partial charge in [-0.2, -0.15) is 0 Å². The molecule has 0 atom stereocenters. The summed E-state index contributed by atoms with van der Waals surface area (Å²) in [6.07, 6.45) is 9.24. The zero-order valence-corrected chi connectivity index (χ0v) is 14.3. The highest BCUT2D eigenvalue weighted by Crippen LogP contribution is 2.24. The summed E-state index contributed by atoms with van der Waals surface area (Å²) in [7, 11) is 2.27. The molecule has 1 aliphatic rings. The van der Waals surface area contributed by atoms with Crippen LogP contribution in [0.5, 0.6) is 5.75 Å². The lowest BCUT2D eigenvalue weighted by atomic mass is 9.94. The van der Waals surface area contributed by atoms with Crippen LogP contribution in [0.15, 0.2) is 24.3 Å². The molecule has 0 aromatic heterocycles. The van der Waals surface area contributed by atoms with Crippen LogP contribution in [0, 0.1) is 0 Å². The summed E-state index contributed by atoms with van der Waals surface area (Å²) in [5.74, 6) is 0.983. The Morgan fingerprint density at radius 2 is 1.95 bits per heavy atom. The summed E-state index contributed by atoms with van der Waals surface area (Å²) in [5, 5.41) is 3.54. The fraction of sp³-hybridized carbons (Fsp3) is 0.684. The van der Waals surface area contributed by atoms with Gasteiger partial charge in [-0.25, -0.2) is 0 Å². The maximum absolute atomic E-state index is 5.88. The monoisotopic (exact) mass is 304 g/mol. The number of likely N-dealkylation sites (N-methyl/N-ethyl adjacent to an activating group) is 1. The molecule has 1 aliphatic carbocycles. The average Bonchev–Trinajstić information content (AvgIpc) is 2.57. The molecule has 1 fully saturated rings. The van der Waals surface area contributed by atoms with Crippen LogP contribution >= 0.6 is 0 Å². The number of ether oxygens (including phenoxy) is 1. The maximum Gasteiger partial charge on any atom is 0.142 e. The molecule has 124 valence electrons. The first-order valence-corrected chi connectivity index (χ1v) is 8.97. The molecule has 1 aromatic rings. The fourth-order valence-corrected chi connectivity index (χ4v) is 3.14. The van der Waals surface area contributed by atoms with Crippen molar-refractivity contribution in [2.24, 2.45) is 0 Å². The molecular formula is C19H32N2O. The first-order chi connectivity index (χ1) is 10.8. The van der Waals surface area contributed by atoms with E-state index in [0.717, 1.165) is 43.6 Å². The van der Waals surface area contributed by atoms with Crippen molar-refractivity contribution in [3.8, 4) is 5.75 Å². The Balaban J connectivity index is 1.75. The smallest absolute Gasteiger partial charge is 0.142 e. The van der Waals surface area contributed by atoms with Crippen LogP contribution in [0.25, 0.3) is 0 Å². The summed E-state index contributed by atoms with van der Waals surface area (Å²) < 4.78 is 5.88. The molecular weight excluding hydrogens is 272 g/mol. The summed E-state index contributed by atoms with van der Waals surface area (Å²) in [6.45, 7) is 5.06. The number of anilines is 1. The van der Waals surface area contributed by atoms with Crippen molar-refractivity contribution in [2.45, 2.75) is 57.9 Å². The number of hydrogen-bond acceptors (Lipinski definition) is 3. The van der Waals surface area contributed by atoms with Gasteiger partial charge in [0.05, 0.1) is 12.3 Å². The molecule has 0 radical (unpaired) electrons. The molecule has 1 aromatic carbocycles. The number of rotatable bonds is 9. The van der Waals surface area contributed by atoms with Crippen molar-refractivity contribution >= 4 is 5.69 Å². The van der Waals surface area contributed by atoms with Crippen molar-refractivity contribution in [3.63, 3.8) is 0 Å². The van der Waals surface area contributed by atoms with Gasteiger partial charge in [-0.15, -0.1) is 0 Å². The SMILES string of the molecule is CCCCOc1ccccc1NCCN(C)C1CCCCC1. The van der Waals surface area contributed by atoms with Gasteiger partial charge in [0.2, 0.25) is 0 Å². The fourth-order valence-electron chi connectivity index (χ4n) is 3.14. The predicted molar refractivity (Wildman–Crippen MR) is 94.8 cm³/mol. The van der Waals surface area contributed by atoms with Crippen molar-refractivity contribution in [3.05, 3.63) is 24.3 Å². The molecule has 0 spiro atoms. The first-order valence-electron chi connectivity index (χ1n) is 8.97. The van der Waals surface area contributed by atoms with E-state index in [1.165, 1.54) is 38.5 Å². The Labute approximate surface area is 136 Å². The van der Waals surface area contributed by atoms with E-state index in [1.807, 2.05) is 6.07 Å². The van der Waals surface area contributed by atoms with Gasteiger partial charge in [-0.1, -0.05) is 44.7 Å². The molecule has 0 saturated heterocycles. The van der Waals surface area contributed by atoms with E-state index in [-0.39, 0.29) is 0 Å². The lowest BCUT2D eigenvalue weighted by Crippen LogP contribution is -2.36. The van der Waals surface area contributed by atoms with Crippen LogP contribution in [0.2, 0.25) is 0 Å². The maximum atomic E-state index is 5.88. The zero-order valence-electron chi connectivity index (χ0n) is 14.3. The Hall–Kier alpha value is -1.22. The number of hydrogen-bond donors (Lipinski definition) is 1. The standard InChI is InChI=1S/C19H32N2O/c1-3-4-16-22-19-13-9-8-12-18(19)20-14-15-21(2)17-10-6-5-7-11-17/h8-9,12-13,17,20H,3-7,10-11,14-16H2,1-2H3. The molecule has 0 heterocycles. The Bertz CT molecular complexity index is 416. The van der Waals surface area contributed by atoms with Crippen LogP contribution in [-0.4, -0.2) is 37.7 Å². The molecule has 0 amide bonds. The Morgan fingerprint density at radius 3 is 2.73 bits per heavy atom. The van der Waals surface area contributed by atoms with Gasteiger partial charge in [0.1, 0.15) is 5.75 Å². The largest absolute Gasteiger partial charge is 0.491 e. The minimum Gasteiger partial charge on any atom is -0.491 e. The number of nitrogens with one attached hydrogen (secondary N) is 1. The second kappa shape index (κ2) is 9.73. The minimum absolute atomic E-state index is 0.784. The van der Waals surface area contributed by atoms with Crippen LogP contribution in [-0.2, 0) is 0 Å². The van der Waals surface area contributed by atoms with Gasteiger partial charge in [0.15, 0.2) is 0 Å². The quantitative estimate of drug-likeness (QED) is 0.678. The molecule has 1 saturated carbocycles. The molecule has 0 unspecified atom stereocenters. The van der Waals surface area contributed by atoms with E-state index in [9.17, 15) is 0 Å². The molecule has 22 heavy (non-hydrogen) atoms. The van der Waals surface area contributed by atoms with Gasteiger partial charge in [0.25, 0.3) is 0 Å². The third-order valence-electron chi connectivity index (χ3n) is 4.62. The van der Waals surface area contributed by atoms with E-state index >= 15 is 0 Å². The lowest BCUT2D eigenvalue weighted by molar-refractivity contribution is 0.198. The van der Waals surface area contributed by atoms with Crippen molar-refractivity contribution in [1.82, 2.24) is 4.90 Å². The van der Waals surface area contributed by atoms with Crippen LogP contribution in [0.3, 0.4) is 0 Å². The third kappa shape index (κ3) is 5.53. The van der Waals surface area contributed by atoms with Crippen molar-refractivity contribution in [2.75, 3.05) is 32.1 Å². The lowest BCUT2D eigenvalue weighted by Gasteiger charge is -2.31. The zero-order chi connectivity index (χ0) is 15.6. The van der Waals surface area contributed by atoms with Crippen LogP contribution in [0.1, 0.15) is 51.9 Å². The highest BCUT2D eigenvalue weighted by Gasteiger charge is 2.17. The summed E-state index contributed by atoms with van der Waals surface area (Å²) >= 11 is 0. The predicted octanol–water partition coefficient (Wildman–Crippen LogP) is 4.54. The Morgan fingerprint density at radius 1 is 1.18 bits per heavy atom. The van der Waals surface area contributed by atoms with Gasteiger partial charge < -0.3 is 15.0 Å². The number of unbranched alkanes of at least 4 members (excludes halogenated alkanes) is 1. The topological polar surface area (TPSA) is 24.5 Å². The van der Waals surface area contributed by atoms with E-state index in [2.05, 4.69) is 42.4 Å². The Kier molecular flexibility index (Phi) is 7.58. The van der Waals surface area contributed by atoms with Gasteiger partial charge in [-0.05, 0) is 38.4 Å². The summed E-state index contributed by atoms with van der Waals surface area (Å²) in [5.41, 5.74) is 1.12. The third-order valence-corrected chi connectivity index (χ3v) is 4.62. The van der Waals surface area contributed by atoms with Gasteiger partial charge in [0, 0.05) is 19.1 Å². The molecule has 1 N–H and O–H groups in total. The highest BCUT2D eigenvalue weighted by atomic mass is 16.5. The van der Waals surface area contributed by atoms with E-state index in [1.54, 1.807) is 0 Å². The number of para-hydroxylation sites is 2. The van der Waals surface area contributed by atoms with Gasteiger partial charge >= 0.3 is 0 Å². The van der Waals surface area contributed by atoms with Crippen molar-refractivity contribution < 1.29 is 4.74 Å². The number of nitrogens with zero attached hydrogens (tertiary/aromatic N) is 1. The second-order valence-corrected chi connectivity index (χ2v) is 6.40. The van der Waals surface area contributed by atoms with Crippen molar-refractivity contribution in [1.29, 1.82) is 0 Å². The van der Waals surface area contributed by atoms with Crippen LogP contribution in [0.4, 0.5) is 5.69 Å². The molecule has 0 aliphatic heterocycles. The summed E-state index contributed by atoms with van der Waals surface area (Å²) in [4.78, 5) is 2.52. The number of benzene rings is 1. The molecule has 3 nitrogen and oxygen atoms in total. The average molecular weight is 304 g/mol. The van der Waals surface area contributed by atoms with Gasteiger partial charge in [-0.3, -0.25) is 0 Å². The minimum atomic E-state index is 0.784.